The molecule has 0 saturated heterocycles. The number of para-hydroxylation sites is 1. The Bertz CT molecular complexity index is 336. The summed E-state index contributed by atoms with van der Waals surface area (Å²) >= 11 is 5.46. The van der Waals surface area contributed by atoms with Crippen LogP contribution in [0, 0.1) is 6.92 Å². The SMILES string of the molecule is Cc1cccc(C(=O)O)c1OCCCl. The minimum absolute atomic E-state index is 0.176. The zero-order chi connectivity index (χ0) is 10.6. The van der Waals surface area contributed by atoms with Crippen molar-refractivity contribution in [2.24, 2.45) is 0 Å². The zero-order valence-corrected chi connectivity index (χ0v) is 8.54. The average molecular weight is 215 g/mol. The van der Waals surface area contributed by atoms with Gasteiger partial charge in [0.15, 0.2) is 0 Å². The second-order valence-electron chi connectivity index (χ2n) is 2.79. The number of hydrogen-bond donors (Lipinski definition) is 1. The Kier molecular flexibility index (Phi) is 3.77. The van der Waals surface area contributed by atoms with E-state index >= 15 is 0 Å². The van der Waals surface area contributed by atoms with E-state index < -0.39 is 5.97 Å². The molecule has 0 unspecified atom stereocenters. The van der Waals surface area contributed by atoms with Crippen molar-refractivity contribution >= 4 is 17.6 Å². The molecular formula is C10H11ClO3. The summed E-state index contributed by atoms with van der Waals surface area (Å²) in [5, 5.41) is 8.88. The molecule has 1 aromatic rings. The minimum atomic E-state index is -0.988. The maximum absolute atomic E-state index is 10.8. The van der Waals surface area contributed by atoms with Crippen molar-refractivity contribution in [2.45, 2.75) is 6.92 Å². The number of benzene rings is 1. The number of alkyl halides is 1. The highest BCUT2D eigenvalue weighted by Crippen LogP contribution is 2.23. The number of carbonyl (C=O) groups is 1. The van der Waals surface area contributed by atoms with Crippen LogP contribution < -0.4 is 4.74 Å². The number of carboxylic acid groups (broad SMARTS) is 1. The van der Waals surface area contributed by atoms with Crippen LogP contribution in [0.3, 0.4) is 0 Å². The third-order valence-corrected chi connectivity index (χ3v) is 1.92. The summed E-state index contributed by atoms with van der Waals surface area (Å²) in [5.74, 6) is -0.244. The van der Waals surface area contributed by atoms with Gasteiger partial charge in [0.05, 0.1) is 5.88 Å². The van der Waals surface area contributed by atoms with Crippen molar-refractivity contribution in [3.63, 3.8) is 0 Å². The predicted molar refractivity (Wildman–Crippen MR) is 54.4 cm³/mol. The summed E-state index contributed by atoms with van der Waals surface area (Å²) in [6.07, 6.45) is 0. The zero-order valence-electron chi connectivity index (χ0n) is 7.79. The van der Waals surface area contributed by atoms with Crippen molar-refractivity contribution in [3.05, 3.63) is 29.3 Å². The first-order chi connectivity index (χ1) is 6.66. The van der Waals surface area contributed by atoms with Crippen molar-refractivity contribution in [3.8, 4) is 5.75 Å². The Balaban J connectivity index is 3.02. The number of rotatable bonds is 4. The fourth-order valence-electron chi connectivity index (χ4n) is 1.15. The van der Waals surface area contributed by atoms with E-state index in [0.717, 1.165) is 5.56 Å². The molecule has 1 N–H and O–H groups in total. The van der Waals surface area contributed by atoms with E-state index in [9.17, 15) is 4.79 Å². The topological polar surface area (TPSA) is 46.5 Å². The second-order valence-corrected chi connectivity index (χ2v) is 3.17. The molecule has 0 saturated carbocycles. The molecule has 0 atom stereocenters. The van der Waals surface area contributed by atoms with E-state index in [1.807, 2.05) is 0 Å². The number of aryl methyl sites for hydroxylation is 1. The lowest BCUT2D eigenvalue weighted by Gasteiger charge is -2.10. The molecule has 0 aliphatic rings. The molecule has 1 aromatic carbocycles. The van der Waals surface area contributed by atoms with Crippen molar-refractivity contribution in [2.75, 3.05) is 12.5 Å². The van der Waals surface area contributed by atoms with Gasteiger partial charge in [-0.1, -0.05) is 12.1 Å². The molecule has 0 spiro atoms. The van der Waals surface area contributed by atoms with Crippen LogP contribution in [0.1, 0.15) is 15.9 Å². The first kappa shape index (κ1) is 10.9. The molecule has 76 valence electrons. The minimum Gasteiger partial charge on any atom is -0.491 e. The van der Waals surface area contributed by atoms with Crippen LogP contribution in [0.2, 0.25) is 0 Å². The van der Waals surface area contributed by atoms with Crippen molar-refractivity contribution < 1.29 is 14.6 Å². The van der Waals surface area contributed by atoms with Gasteiger partial charge in [0.25, 0.3) is 0 Å². The lowest BCUT2D eigenvalue weighted by atomic mass is 10.1. The normalized spacial score (nSPS) is 9.86. The Morgan fingerprint density at radius 3 is 2.86 bits per heavy atom. The van der Waals surface area contributed by atoms with E-state index in [1.54, 1.807) is 19.1 Å². The molecule has 0 heterocycles. The lowest BCUT2D eigenvalue weighted by molar-refractivity contribution is 0.0692. The fraction of sp³-hybridized carbons (Fsp3) is 0.300. The monoisotopic (exact) mass is 214 g/mol. The van der Waals surface area contributed by atoms with Gasteiger partial charge in [-0.25, -0.2) is 4.79 Å². The largest absolute Gasteiger partial charge is 0.491 e. The van der Waals surface area contributed by atoms with Crippen LogP contribution in [0.25, 0.3) is 0 Å². The molecule has 0 fully saturated rings. The van der Waals surface area contributed by atoms with Gasteiger partial charge < -0.3 is 9.84 Å². The second kappa shape index (κ2) is 4.86. The molecule has 0 aliphatic carbocycles. The van der Waals surface area contributed by atoms with Gasteiger partial charge in [-0.15, -0.1) is 11.6 Å². The molecule has 0 aliphatic heterocycles. The van der Waals surface area contributed by atoms with Crippen LogP contribution in [0.5, 0.6) is 5.75 Å². The van der Waals surface area contributed by atoms with Gasteiger partial charge in [0.2, 0.25) is 0 Å². The summed E-state index contributed by atoms with van der Waals surface area (Å²) in [7, 11) is 0. The highest BCUT2D eigenvalue weighted by molar-refractivity contribution is 6.18. The summed E-state index contributed by atoms with van der Waals surface area (Å²) in [4.78, 5) is 10.8. The Morgan fingerprint density at radius 2 is 2.29 bits per heavy atom. The smallest absolute Gasteiger partial charge is 0.339 e. The molecule has 1 rings (SSSR count). The fourth-order valence-corrected chi connectivity index (χ4v) is 1.23. The summed E-state index contributed by atoms with van der Waals surface area (Å²) in [5.41, 5.74) is 0.977. The van der Waals surface area contributed by atoms with Gasteiger partial charge in [0, 0.05) is 0 Å². The van der Waals surface area contributed by atoms with Crippen LogP contribution in [0.15, 0.2) is 18.2 Å². The molecule has 14 heavy (non-hydrogen) atoms. The van der Waals surface area contributed by atoms with Gasteiger partial charge in [0.1, 0.15) is 17.9 Å². The third-order valence-electron chi connectivity index (χ3n) is 1.77. The molecule has 0 aromatic heterocycles. The van der Waals surface area contributed by atoms with E-state index in [1.165, 1.54) is 6.07 Å². The van der Waals surface area contributed by atoms with Gasteiger partial charge in [-0.3, -0.25) is 0 Å². The summed E-state index contributed by atoms with van der Waals surface area (Å²) in [6.45, 7) is 2.11. The van der Waals surface area contributed by atoms with E-state index in [0.29, 0.717) is 18.2 Å². The molecular weight excluding hydrogens is 204 g/mol. The highest BCUT2D eigenvalue weighted by atomic mass is 35.5. The van der Waals surface area contributed by atoms with Gasteiger partial charge in [-0.05, 0) is 18.6 Å². The van der Waals surface area contributed by atoms with Crippen molar-refractivity contribution in [1.82, 2.24) is 0 Å². The van der Waals surface area contributed by atoms with Crippen LogP contribution in [-0.2, 0) is 0 Å². The summed E-state index contributed by atoms with van der Waals surface area (Å²) in [6, 6.07) is 5.00. The number of aromatic carboxylic acids is 1. The standard InChI is InChI=1S/C10H11ClO3/c1-7-3-2-4-8(10(12)13)9(7)14-6-5-11/h2-4H,5-6H2,1H3,(H,12,13). The van der Waals surface area contributed by atoms with Crippen LogP contribution in [-0.4, -0.2) is 23.6 Å². The van der Waals surface area contributed by atoms with Gasteiger partial charge >= 0.3 is 5.97 Å². The maximum atomic E-state index is 10.8. The first-order valence-corrected chi connectivity index (χ1v) is 4.72. The van der Waals surface area contributed by atoms with Crippen molar-refractivity contribution in [1.29, 1.82) is 0 Å². The first-order valence-electron chi connectivity index (χ1n) is 4.18. The Hall–Kier alpha value is -1.22. The average Bonchev–Trinajstić information content (AvgIpc) is 2.15. The number of halogens is 1. The van der Waals surface area contributed by atoms with Crippen LogP contribution >= 0.6 is 11.6 Å². The lowest BCUT2D eigenvalue weighted by Crippen LogP contribution is -2.06. The van der Waals surface area contributed by atoms with Crippen LogP contribution in [0.4, 0.5) is 0 Å². The molecule has 4 heteroatoms. The highest BCUT2D eigenvalue weighted by Gasteiger charge is 2.12. The Labute approximate surface area is 87.3 Å². The number of carboxylic acids is 1. The molecule has 0 bridgehead atoms. The van der Waals surface area contributed by atoms with E-state index in [2.05, 4.69) is 0 Å². The number of ether oxygens (including phenoxy) is 1. The van der Waals surface area contributed by atoms with E-state index in [4.69, 9.17) is 21.4 Å². The molecule has 0 radical (unpaired) electrons. The summed E-state index contributed by atoms with van der Waals surface area (Å²) < 4.78 is 5.27. The van der Waals surface area contributed by atoms with E-state index in [-0.39, 0.29) is 5.56 Å². The quantitative estimate of drug-likeness (QED) is 0.783. The molecule has 3 nitrogen and oxygen atoms in total. The predicted octanol–water partition coefficient (Wildman–Crippen LogP) is 2.31. The maximum Gasteiger partial charge on any atom is 0.339 e. The van der Waals surface area contributed by atoms with Gasteiger partial charge in [-0.2, -0.15) is 0 Å². The third kappa shape index (κ3) is 2.39. The Morgan fingerprint density at radius 1 is 1.57 bits per heavy atom. The molecule has 0 amide bonds. The number of hydrogen-bond acceptors (Lipinski definition) is 2.